The first-order valence-electron chi connectivity index (χ1n) is 9.79. The van der Waals surface area contributed by atoms with Gasteiger partial charge in [-0.1, -0.05) is 36.0 Å². The van der Waals surface area contributed by atoms with E-state index >= 15 is 0 Å². The minimum Gasteiger partial charge on any atom is -0.497 e. The normalized spacial score (nSPS) is 16.6. The van der Waals surface area contributed by atoms with Crippen LogP contribution in [0.15, 0.2) is 95.0 Å². The zero-order valence-corrected chi connectivity index (χ0v) is 17.4. The van der Waals surface area contributed by atoms with E-state index in [-0.39, 0.29) is 0 Å². The Morgan fingerprint density at radius 3 is 2.63 bits per heavy atom. The number of hydrogen-bond acceptors (Lipinski definition) is 3. The molecule has 4 aromatic rings. The van der Waals surface area contributed by atoms with Crippen LogP contribution < -0.4 is 9.64 Å². The molecule has 0 atom stereocenters. The summed E-state index contributed by atoms with van der Waals surface area (Å²) in [7, 11) is 1.67. The molecule has 5 rings (SSSR count). The standard InChI is InChI=1S/C25H21N3OS/c1-29-22-10-8-20(9-11-22)27-25-28(21-5-3-2-4-6-21)17-23(30-25)16-18-7-12-24-19(15-18)13-14-26-24/h2-16,26H,17H2,1H3/b23-16-,27-25-. The number of benzene rings is 3. The van der Waals surface area contributed by atoms with Crippen molar-refractivity contribution in [3.05, 3.63) is 95.5 Å². The van der Waals surface area contributed by atoms with Crippen LogP contribution in [0.25, 0.3) is 17.0 Å². The van der Waals surface area contributed by atoms with E-state index < -0.39 is 0 Å². The molecule has 148 valence electrons. The van der Waals surface area contributed by atoms with Crippen molar-refractivity contribution in [3.8, 4) is 5.75 Å². The monoisotopic (exact) mass is 411 g/mol. The Labute approximate surface area is 179 Å². The molecule has 2 heterocycles. The van der Waals surface area contributed by atoms with E-state index in [0.29, 0.717) is 0 Å². The fourth-order valence-corrected chi connectivity index (χ4v) is 4.57. The summed E-state index contributed by atoms with van der Waals surface area (Å²) < 4.78 is 5.26. The zero-order chi connectivity index (χ0) is 20.3. The lowest BCUT2D eigenvalue weighted by Gasteiger charge is -2.17. The number of aromatic nitrogens is 1. The van der Waals surface area contributed by atoms with Gasteiger partial charge in [-0.15, -0.1) is 0 Å². The van der Waals surface area contributed by atoms with E-state index in [1.54, 1.807) is 18.9 Å². The van der Waals surface area contributed by atoms with Gasteiger partial charge < -0.3 is 14.6 Å². The van der Waals surface area contributed by atoms with Crippen LogP contribution in [0.4, 0.5) is 11.4 Å². The van der Waals surface area contributed by atoms with Crippen LogP contribution in [-0.2, 0) is 0 Å². The molecule has 1 aromatic heterocycles. The number of H-pyrrole nitrogens is 1. The lowest BCUT2D eigenvalue weighted by atomic mass is 10.1. The molecule has 1 N–H and O–H groups in total. The second-order valence-corrected chi connectivity index (χ2v) is 8.14. The fraction of sp³-hybridized carbons (Fsp3) is 0.0800. The van der Waals surface area contributed by atoms with Gasteiger partial charge in [-0.25, -0.2) is 4.99 Å². The van der Waals surface area contributed by atoms with E-state index in [1.165, 1.54) is 15.9 Å². The van der Waals surface area contributed by atoms with Gasteiger partial charge in [-0.2, -0.15) is 0 Å². The predicted octanol–water partition coefficient (Wildman–Crippen LogP) is 6.46. The Morgan fingerprint density at radius 2 is 1.83 bits per heavy atom. The summed E-state index contributed by atoms with van der Waals surface area (Å²) in [6.45, 7) is 0.800. The smallest absolute Gasteiger partial charge is 0.173 e. The molecule has 1 aliphatic heterocycles. The van der Waals surface area contributed by atoms with E-state index in [1.807, 2.05) is 36.5 Å². The number of para-hydroxylation sites is 1. The molecule has 30 heavy (non-hydrogen) atoms. The molecule has 1 aliphatic rings. The second kappa shape index (κ2) is 8.13. The first-order chi connectivity index (χ1) is 14.8. The number of aliphatic imine (C=N–C) groups is 1. The van der Waals surface area contributed by atoms with Crippen LogP contribution in [-0.4, -0.2) is 23.8 Å². The van der Waals surface area contributed by atoms with Crippen LogP contribution in [0.3, 0.4) is 0 Å². The minimum atomic E-state index is 0.800. The number of hydrogen-bond donors (Lipinski definition) is 1. The molecule has 0 spiro atoms. The molecule has 0 saturated carbocycles. The summed E-state index contributed by atoms with van der Waals surface area (Å²) in [5.41, 5.74) is 4.41. The Balaban J connectivity index is 1.49. The van der Waals surface area contributed by atoms with Crippen molar-refractivity contribution in [2.24, 2.45) is 4.99 Å². The summed E-state index contributed by atoms with van der Waals surface area (Å²) in [6, 6.07) is 26.8. The molecule has 0 radical (unpaired) electrons. The van der Waals surface area contributed by atoms with Crippen LogP contribution >= 0.6 is 11.8 Å². The molecule has 1 saturated heterocycles. The average molecular weight is 412 g/mol. The maximum Gasteiger partial charge on any atom is 0.173 e. The Bertz CT molecular complexity index is 1230. The average Bonchev–Trinajstić information content (AvgIpc) is 3.41. The summed E-state index contributed by atoms with van der Waals surface area (Å²) in [6.07, 6.45) is 4.23. The molecule has 4 nitrogen and oxygen atoms in total. The van der Waals surface area contributed by atoms with Gasteiger partial charge in [-0.05, 0) is 71.6 Å². The highest BCUT2D eigenvalue weighted by molar-refractivity contribution is 8.18. The maximum absolute atomic E-state index is 5.26. The highest BCUT2D eigenvalue weighted by Crippen LogP contribution is 2.36. The molecule has 3 aromatic carbocycles. The minimum absolute atomic E-state index is 0.800. The number of anilines is 1. The fourth-order valence-electron chi connectivity index (χ4n) is 3.51. The molecule has 0 aliphatic carbocycles. The van der Waals surface area contributed by atoms with E-state index in [9.17, 15) is 0 Å². The molecular weight excluding hydrogens is 390 g/mol. The van der Waals surface area contributed by atoms with E-state index in [4.69, 9.17) is 9.73 Å². The lowest BCUT2D eigenvalue weighted by molar-refractivity contribution is 0.415. The highest BCUT2D eigenvalue weighted by Gasteiger charge is 2.25. The predicted molar refractivity (Wildman–Crippen MR) is 128 cm³/mol. The number of thioether (sulfide) groups is 1. The summed E-state index contributed by atoms with van der Waals surface area (Å²) in [4.78, 5) is 11.7. The van der Waals surface area contributed by atoms with Gasteiger partial charge >= 0.3 is 0 Å². The van der Waals surface area contributed by atoms with Gasteiger partial charge in [0.2, 0.25) is 0 Å². The molecular formula is C25H21N3OS. The maximum atomic E-state index is 5.26. The van der Waals surface area contributed by atoms with Crippen LogP contribution in [0.2, 0.25) is 0 Å². The van der Waals surface area contributed by atoms with Gasteiger partial charge in [-0.3, -0.25) is 0 Å². The lowest BCUT2D eigenvalue weighted by Crippen LogP contribution is -2.23. The molecule has 0 amide bonds. The highest BCUT2D eigenvalue weighted by atomic mass is 32.2. The number of aromatic amines is 1. The number of nitrogens with one attached hydrogen (secondary N) is 1. The third-order valence-electron chi connectivity index (χ3n) is 5.04. The summed E-state index contributed by atoms with van der Waals surface area (Å²) in [5, 5.41) is 2.19. The van der Waals surface area contributed by atoms with Crippen molar-refractivity contribution in [2.75, 3.05) is 18.6 Å². The quantitative estimate of drug-likeness (QED) is 0.419. The third-order valence-corrected chi connectivity index (χ3v) is 6.04. The van der Waals surface area contributed by atoms with E-state index in [0.717, 1.165) is 34.4 Å². The van der Waals surface area contributed by atoms with Crippen molar-refractivity contribution in [1.29, 1.82) is 0 Å². The van der Waals surface area contributed by atoms with Gasteiger partial charge in [0.15, 0.2) is 5.17 Å². The SMILES string of the molecule is COc1ccc(/N=C2\S/C(=C\c3ccc4[nH]ccc4c3)CN2c2ccccc2)cc1. The van der Waals surface area contributed by atoms with E-state index in [2.05, 4.69) is 64.5 Å². The molecule has 1 fully saturated rings. The van der Waals surface area contributed by atoms with Crippen molar-refractivity contribution in [3.63, 3.8) is 0 Å². The first-order valence-corrected chi connectivity index (χ1v) is 10.6. The van der Waals surface area contributed by atoms with Crippen LogP contribution in [0.1, 0.15) is 5.56 Å². The van der Waals surface area contributed by atoms with Crippen LogP contribution in [0.5, 0.6) is 5.75 Å². The number of methoxy groups -OCH3 is 1. The zero-order valence-electron chi connectivity index (χ0n) is 16.6. The van der Waals surface area contributed by atoms with Gasteiger partial charge in [0.05, 0.1) is 19.3 Å². The Morgan fingerprint density at radius 1 is 1.00 bits per heavy atom. The number of amidine groups is 1. The Kier molecular flexibility index (Phi) is 5.03. The molecule has 5 heteroatoms. The van der Waals surface area contributed by atoms with Crippen LogP contribution in [0, 0.1) is 0 Å². The summed E-state index contributed by atoms with van der Waals surface area (Å²) in [5.74, 6) is 0.832. The van der Waals surface area contributed by atoms with Crippen molar-refractivity contribution >= 4 is 45.3 Å². The molecule has 0 unspecified atom stereocenters. The van der Waals surface area contributed by atoms with Crippen molar-refractivity contribution in [2.45, 2.75) is 0 Å². The Hall–Kier alpha value is -3.44. The third kappa shape index (κ3) is 3.84. The first kappa shape index (κ1) is 18.6. The number of ether oxygens (including phenoxy) is 1. The second-order valence-electron chi connectivity index (χ2n) is 7.05. The summed E-state index contributed by atoms with van der Waals surface area (Å²) >= 11 is 1.72. The topological polar surface area (TPSA) is 40.6 Å². The largest absolute Gasteiger partial charge is 0.497 e. The van der Waals surface area contributed by atoms with Gasteiger partial charge in [0.25, 0.3) is 0 Å². The van der Waals surface area contributed by atoms with Gasteiger partial charge in [0, 0.05) is 22.3 Å². The number of nitrogens with zero attached hydrogens (tertiary/aromatic N) is 2. The number of fused-ring (bicyclic) bond motifs is 1. The number of rotatable bonds is 4. The van der Waals surface area contributed by atoms with Crippen molar-refractivity contribution in [1.82, 2.24) is 4.98 Å². The van der Waals surface area contributed by atoms with Gasteiger partial charge in [0.1, 0.15) is 5.75 Å². The van der Waals surface area contributed by atoms with Crippen molar-refractivity contribution < 1.29 is 4.74 Å². The molecule has 0 bridgehead atoms.